The van der Waals surface area contributed by atoms with E-state index in [0.29, 0.717) is 5.02 Å². The summed E-state index contributed by atoms with van der Waals surface area (Å²) in [5.74, 6) is 0.948. The Morgan fingerprint density at radius 3 is 2.89 bits per heavy atom. The summed E-state index contributed by atoms with van der Waals surface area (Å²) in [6.07, 6.45) is 4.06. The summed E-state index contributed by atoms with van der Waals surface area (Å²) in [4.78, 5) is 4.65. The molecule has 1 aromatic carbocycles. The molecule has 0 spiro atoms. The summed E-state index contributed by atoms with van der Waals surface area (Å²) >= 11 is 6.00. The highest BCUT2D eigenvalue weighted by Gasteiger charge is 2.12. The van der Waals surface area contributed by atoms with Crippen LogP contribution in [0.3, 0.4) is 0 Å². The topological polar surface area (TPSA) is 21.7 Å². The molecule has 2 heterocycles. The van der Waals surface area contributed by atoms with E-state index in [9.17, 15) is 0 Å². The molecule has 18 heavy (non-hydrogen) atoms. The lowest BCUT2D eigenvalue weighted by atomic mass is 10.2. The van der Waals surface area contributed by atoms with Crippen LogP contribution in [0.1, 0.15) is 0 Å². The number of pyridine rings is 1. The summed E-state index contributed by atoms with van der Waals surface area (Å²) in [6.45, 7) is 0. The molecule has 0 saturated heterocycles. The maximum atomic E-state index is 6.00. The van der Waals surface area contributed by atoms with Crippen LogP contribution in [0.25, 0.3) is 22.4 Å². The molecule has 0 unspecified atom stereocenters. The lowest BCUT2D eigenvalue weighted by Crippen LogP contribution is -2.26. The van der Waals surface area contributed by atoms with E-state index in [-0.39, 0.29) is 0 Å². The van der Waals surface area contributed by atoms with E-state index in [0.717, 1.165) is 22.4 Å². The Labute approximate surface area is 110 Å². The fraction of sp³-hybridized carbons (Fsp3) is 0.143. The minimum Gasteiger partial charge on any atom is -0.327 e. The maximum Gasteiger partial charge on any atom is 0.179 e. The van der Waals surface area contributed by atoms with Crippen molar-refractivity contribution >= 4 is 22.6 Å². The zero-order chi connectivity index (χ0) is 12.7. The van der Waals surface area contributed by atoms with Gasteiger partial charge in [0.25, 0.3) is 0 Å². The van der Waals surface area contributed by atoms with Gasteiger partial charge in [-0.15, -0.1) is 0 Å². The molecule has 0 aliphatic heterocycles. The molecule has 3 rings (SSSR count). The van der Waals surface area contributed by atoms with Gasteiger partial charge in [-0.1, -0.05) is 11.6 Å². The number of imidazole rings is 1. The van der Waals surface area contributed by atoms with E-state index in [2.05, 4.69) is 21.8 Å². The number of hydrogen-bond donors (Lipinski definition) is 0. The van der Waals surface area contributed by atoms with Gasteiger partial charge in [0, 0.05) is 18.1 Å². The number of nitrogens with zero attached hydrogens (tertiary/aromatic N) is 3. The van der Waals surface area contributed by atoms with Gasteiger partial charge < -0.3 is 4.57 Å². The average Bonchev–Trinajstić information content (AvgIpc) is 2.66. The van der Waals surface area contributed by atoms with Gasteiger partial charge in [-0.2, -0.15) is 0 Å². The van der Waals surface area contributed by atoms with Crippen LogP contribution in [0.4, 0.5) is 0 Å². The Balaban J connectivity index is 2.27. The number of aryl methyl sites for hydroxylation is 2. The van der Waals surface area contributed by atoms with Crippen molar-refractivity contribution in [2.24, 2.45) is 14.1 Å². The highest BCUT2D eigenvalue weighted by molar-refractivity contribution is 6.31. The van der Waals surface area contributed by atoms with Crippen molar-refractivity contribution in [3.05, 3.63) is 47.7 Å². The zero-order valence-electron chi connectivity index (χ0n) is 10.3. The molecule has 0 saturated carbocycles. The SMILES string of the molecule is Cn1c(-c2ccc[n+](C)c2)nc2cc(Cl)ccc21. The third-order valence-corrected chi connectivity index (χ3v) is 3.28. The van der Waals surface area contributed by atoms with E-state index >= 15 is 0 Å². The molecule has 0 radical (unpaired) electrons. The van der Waals surface area contributed by atoms with Crippen LogP contribution in [-0.2, 0) is 14.1 Å². The second-order valence-corrected chi connectivity index (χ2v) is 4.82. The highest BCUT2D eigenvalue weighted by Crippen LogP contribution is 2.24. The lowest BCUT2D eigenvalue weighted by Gasteiger charge is -2.00. The van der Waals surface area contributed by atoms with Gasteiger partial charge in [-0.25, -0.2) is 9.55 Å². The van der Waals surface area contributed by atoms with Crippen LogP contribution >= 0.6 is 11.6 Å². The second-order valence-electron chi connectivity index (χ2n) is 4.39. The molecule has 2 aromatic heterocycles. The van der Waals surface area contributed by atoms with Gasteiger partial charge in [0.15, 0.2) is 12.4 Å². The van der Waals surface area contributed by atoms with Crippen LogP contribution in [0, 0.1) is 0 Å². The van der Waals surface area contributed by atoms with Crippen molar-refractivity contribution in [3.63, 3.8) is 0 Å². The molecule has 3 nitrogen and oxygen atoms in total. The number of halogens is 1. The Morgan fingerprint density at radius 2 is 2.11 bits per heavy atom. The molecule has 90 valence electrons. The average molecular weight is 259 g/mol. The van der Waals surface area contributed by atoms with Crippen molar-refractivity contribution in [1.29, 1.82) is 0 Å². The molecular formula is C14H13ClN3+. The van der Waals surface area contributed by atoms with Crippen LogP contribution < -0.4 is 4.57 Å². The highest BCUT2D eigenvalue weighted by atomic mass is 35.5. The molecule has 0 aliphatic carbocycles. The standard InChI is InChI=1S/C14H13ClN3/c1-17-7-3-4-10(9-17)14-16-12-8-11(15)5-6-13(12)18(14)2/h3-9H,1-2H3/q+1. The number of rotatable bonds is 1. The molecule has 0 atom stereocenters. The summed E-state index contributed by atoms with van der Waals surface area (Å²) < 4.78 is 4.10. The van der Waals surface area contributed by atoms with Crippen molar-refractivity contribution in [2.45, 2.75) is 0 Å². The second kappa shape index (κ2) is 4.10. The van der Waals surface area contributed by atoms with Gasteiger partial charge in [-0.05, 0) is 24.3 Å². The zero-order valence-corrected chi connectivity index (χ0v) is 11.0. The van der Waals surface area contributed by atoms with Crippen molar-refractivity contribution in [1.82, 2.24) is 9.55 Å². The fourth-order valence-corrected chi connectivity index (χ4v) is 2.32. The maximum absolute atomic E-state index is 6.00. The molecule has 0 N–H and O–H groups in total. The Kier molecular flexibility index (Phi) is 2.56. The molecule has 4 heteroatoms. The van der Waals surface area contributed by atoms with Gasteiger partial charge in [-0.3, -0.25) is 0 Å². The van der Waals surface area contributed by atoms with E-state index in [1.807, 2.05) is 49.1 Å². The van der Waals surface area contributed by atoms with Crippen LogP contribution in [0.5, 0.6) is 0 Å². The summed E-state index contributed by atoms with van der Waals surface area (Å²) in [5.41, 5.74) is 3.10. The van der Waals surface area contributed by atoms with Crippen molar-refractivity contribution in [2.75, 3.05) is 0 Å². The van der Waals surface area contributed by atoms with Crippen molar-refractivity contribution in [3.8, 4) is 11.4 Å². The first kappa shape index (κ1) is 11.2. The lowest BCUT2D eigenvalue weighted by molar-refractivity contribution is -0.671. The normalized spacial score (nSPS) is 11.1. The minimum atomic E-state index is 0.714. The number of aromatic nitrogens is 3. The molecule has 3 aromatic rings. The number of fused-ring (bicyclic) bond motifs is 1. The number of benzene rings is 1. The van der Waals surface area contributed by atoms with E-state index in [1.54, 1.807) is 0 Å². The fourth-order valence-electron chi connectivity index (χ4n) is 2.15. The van der Waals surface area contributed by atoms with Crippen molar-refractivity contribution < 1.29 is 4.57 Å². The quantitative estimate of drug-likeness (QED) is 0.615. The summed E-state index contributed by atoms with van der Waals surface area (Å²) in [7, 11) is 4.02. The van der Waals surface area contributed by atoms with E-state index in [1.165, 1.54) is 0 Å². The molecule has 0 fully saturated rings. The molecule has 0 amide bonds. The third kappa shape index (κ3) is 1.77. The summed E-state index contributed by atoms with van der Waals surface area (Å²) in [5, 5.41) is 0.714. The predicted octanol–water partition coefficient (Wildman–Crippen LogP) is 2.72. The smallest absolute Gasteiger partial charge is 0.179 e. The minimum absolute atomic E-state index is 0.714. The van der Waals surface area contributed by atoms with Crippen LogP contribution in [0.2, 0.25) is 5.02 Å². The largest absolute Gasteiger partial charge is 0.327 e. The first-order valence-electron chi connectivity index (χ1n) is 5.73. The first-order valence-corrected chi connectivity index (χ1v) is 6.10. The molecular weight excluding hydrogens is 246 g/mol. The monoisotopic (exact) mass is 258 g/mol. The molecule has 0 bridgehead atoms. The number of hydrogen-bond acceptors (Lipinski definition) is 1. The summed E-state index contributed by atoms with van der Waals surface area (Å²) in [6, 6.07) is 9.85. The van der Waals surface area contributed by atoms with E-state index < -0.39 is 0 Å². The first-order chi connectivity index (χ1) is 8.65. The molecule has 0 aliphatic rings. The van der Waals surface area contributed by atoms with Gasteiger partial charge in [0.1, 0.15) is 12.9 Å². The predicted molar refractivity (Wildman–Crippen MR) is 72.3 cm³/mol. The Hall–Kier alpha value is -1.87. The Bertz CT molecular complexity index is 731. The van der Waals surface area contributed by atoms with Gasteiger partial charge >= 0.3 is 0 Å². The van der Waals surface area contributed by atoms with Crippen LogP contribution in [-0.4, -0.2) is 9.55 Å². The van der Waals surface area contributed by atoms with Gasteiger partial charge in [0.05, 0.1) is 16.6 Å². The van der Waals surface area contributed by atoms with E-state index in [4.69, 9.17) is 11.6 Å². The third-order valence-electron chi connectivity index (χ3n) is 3.04. The van der Waals surface area contributed by atoms with Gasteiger partial charge in [0.2, 0.25) is 0 Å². The Morgan fingerprint density at radius 1 is 1.28 bits per heavy atom. The van der Waals surface area contributed by atoms with Crippen LogP contribution in [0.15, 0.2) is 42.7 Å².